The minimum atomic E-state index is -4.46. The first kappa shape index (κ1) is 14.3. The largest absolute Gasteiger partial charge is 0.468 e. The number of nitrogens with two attached hydrogens (primary N) is 2. The molecule has 0 saturated carbocycles. The lowest BCUT2D eigenvalue weighted by atomic mass is 10.0. The molecule has 0 amide bonds. The van der Waals surface area contributed by atoms with Crippen molar-refractivity contribution in [3.05, 3.63) is 29.3 Å². The molecule has 0 unspecified atom stereocenters. The van der Waals surface area contributed by atoms with Crippen LogP contribution in [0.2, 0.25) is 0 Å². The highest BCUT2D eigenvalue weighted by Gasteiger charge is 2.31. The van der Waals surface area contributed by atoms with E-state index >= 15 is 0 Å². The first-order chi connectivity index (χ1) is 8.25. The van der Waals surface area contributed by atoms with Crippen LogP contribution in [0.25, 0.3) is 0 Å². The number of esters is 1. The molecule has 0 bridgehead atoms. The van der Waals surface area contributed by atoms with Gasteiger partial charge in [-0.2, -0.15) is 13.2 Å². The third kappa shape index (κ3) is 3.36. The SMILES string of the molecule is COC(=O)[C@H](N)Cc1cc(C(F)(F)F)ccc1N. The number of anilines is 1. The minimum Gasteiger partial charge on any atom is -0.468 e. The van der Waals surface area contributed by atoms with Crippen molar-refractivity contribution in [1.82, 2.24) is 0 Å². The zero-order chi connectivity index (χ0) is 13.9. The van der Waals surface area contributed by atoms with Crippen LogP contribution in [0.1, 0.15) is 11.1 Å². The van der Waals surface area contributed by atoms with E-state index in [0.717, 1.165) is 25.3 Å². The average Bonchev–Trinajstić information content (AvgIpc) is 2.29. The van der Waals surface area contributed by atoms with Gasteiger partial charge in [0.05, 0.1) is 12.7 Å². The predicted molar refractivity (Wildman–Crippen MR) is 59.6 cm³/mol. The Kier molecular flexibility index (Phi) is 4.18. The van der Waals surface area contributed by atoms with E-state index in [4.69, 9.17) is 11.5 Å². The number of hydrogen-bond acceptors (Lipinski definition) is 4. The second kappa shape index (κ2) is 5.26. The quantitative estimate of drug-likeness (QED) is 0.636. The number of carbonyl (C=O) groups is 1. The van der Waals surface area contributed by atoms with Crippen LogP contribution in [0.15, 0.2) is 18.2 Å². The van der Waals surface area contributed by atoms with Crippen molar-refractivity contribution in [2.75, 3.05) is 12.8 Å². The van der Waals surface area contributed by atoms with Gasteiger partial charge in [0, 0.05) is 12.1 Å². The van der Waals surface area contributed by atoms with Gasteiger partial charge in [0.1, 0.15) is 6.04 Å². The molecule has 0 fully saturated rings. The van der Waals surface area contributed by atoms with Crippen LogP contribution in [0.4, 0.5) is 18.9 Å². The Morgan fingerprint density at radius 3 is 2.56 bits per heavy atom. The number of alkyl halides is 3. The van der Waals surface area contributed by atoms with E-state index in [1.807, 2.05) is 0 Å². The smallest absolute Gasteiger partial charge is 0.416 e. The summed E-state index contributed by atoms with van der Waals surface area (Å²) in [4.78, 5) is 11.1. The highest BCUT2D eigenvalue weighted by molar-refractivity contribution is 5.76. The first-order valence-corrected chi connectivity index (χ1v) is 5.04. The van der Waals surface area contributed by atoms with Crippen LogP contribution >= 0.6 is 0 Å². The molecule has 1 aromatic rings. The molecule has 1 rings (SSSR count). The predicted octanol–water partition coefficient (Wildman–Crippen LogP) is 1.33. The molecule has 100 valence electrons. The lowest BCUT2D eigenvalue weighted by Crippen LogP contribution is -2.34. The molecule has 0 radical (unpaired) electrons. The molecule has 4 nitrogen and oxygen atoms in total. The lowest BCUT2D eigenvalue weighted by Gasteiger charge is -2.14. The van der Waals surface area contributed by atoms with Gasteiger partial charge >= 0.3 is 12.1 Å². The van der Waals surface area contributed by atoms with E-state index in [-0.39, 0.29) is 17.7 Å². The molecule has 0 heterocycles. The fourth-order valence-electron chi connectivity index (χ4n) is 1.43. The van der Waals surface area contributed by atoms with Gasteiger partial charge in [-0.15, -0.1) is 0 Å². The zero-order valence-corrected chi connectivity index (χ0v) is 9.62. The standard InChI is InChI=1S/C11H13F3N2O2/c1-18-10(17)9(16)5-6-4-7(11(12,13)14)2-3-8(6)15/h2-4,9H,5,15-16H2,1H3/t9-/m1/s1. The molecule has 0 aliphatic heterocycles. The van der Waals surface area contributed by atoms with E-state index in [1.165, 1.54) is 0 Å². The summed E-state index contributed by atoms with van der Waals surface area (Å²) < 4.78 is 41.9. The number of halogens is 3. The minimum absolute atomic E-state index is 0.109. The van der Waals surface area contributed by atoms with Crippen LogP contribution in [-0.2, 0) is 22.1 Å². The third-order valence-corrected chi connectivity index (χ3v) is 2.41. The van der Waals surface area contributed by atoms with Crippen LogP contribution in [0.3, 0.4) is 0 Å². The topological polar surface area (TPSA) is 78.3 Å². The van der Waals surface area contributed by atoms with E-state index < -0.39 is 23.8 Å². The molecule has 7 heteroatoms. The Morgan fingerprint density at radius 1 is 1.44 bits per heavy atom. The molecule has 0 aliphatic carbocycles. The van der Waals surface area contributed by atoms with Gasteiger partial charge in [-0.25, -0.2) is 0 Å². The Labute approximate surface area is 102 Å². The van der Waals surface area contributed by atoms with Crippen molar-refractivity contribution in [3.63, 3.8) is 0 Å². The highest BCUT2D eigenvalue weighted by atomic mass is 19.4. The summed E-state index contributed by atoms with van der Waals surface area (Å²) in [6.45, 7) is 0. The van der Waals surface area contributed by atoms with Gasteiger partial charge in [0.15, 0.2) is 0 Å². The maximum absolute atomic E-state index is 12.5. The van der Waals surface area contributed by atoms with Crippen LogP contribution in [0.5, 0.6) is 0 Å². The van der Waals surface area contributed by atoms with Gasteiger partial charge in [-0.05, 0) is 23.8 Å². The molecule has 0 spiro atoms. The number of hydrogen-bond donors (Lipinski definition) is 2. The van der Waals surface area contributed by atoms with Crippen molar-refractivity contribution in [2.45, 2.75) is 18.6 Å². The summed E-state index contributed by atoms with van der Waals surface area (Å²) in [6, 6.07) is 1.86. The Bertz CT molecular complexity index is 446. The third-order valence-electron chi connectivity index (χ3n) is 2.41. The van der Waals surface area contributed by atoms with Gasteiger partial charge < -0.3 is 16.2 Å². The molecule has 1 aromatic carbocycles. The summed E-state index contributed by atoms with van der Waals surface area (Å²) in [5, 5.41) is 0. The number of nitrogen functional groups attached to an aromatic ring is 1. The normalized spacial score (nSPS) is 13.2. The maximum Gasteiger partial charge on any atom is 0.416 e. The number of carbonyl (C=O) groups excluding carboxylic acids is 1. The Morgan fingerprint density at radius 2 is 2.06 bits per heavy atom. The first-order valence-electron chi connectivity index (χ1n) is 5.04. The van der Waals surface area contributed by atoms with Crippen molar-refractivity contribution >= 4 is 11.7 Å². The fourth-order valence-corrected chi connectivity index (χ4v) is 1.43. The molecule has 0 aliphatic rings. The van der Waals surface area contributed by atoms with Gasteiger partial charge in [-0.3, -0.25) is 4.79 Å². The fraction of sp³-hybridized carbons (Fsp3) is 0.364. The highest BCUT2D eigenvalue weighted by Crippen LogP contribution is 2.31. The summed E-state index contributed by atoms with van der Waals surface area (Å²) in [5.74, 6) is -0.702. The molecular weight excluding hydrogens is 249 g/mol. The number of ether oxygens (including phenoxy) is 1. The monoisotopic (exact) mass is 262 g/mol. The van der Waals surface area contributed by atoms with Crippen LogP contribution in [0, 0.1) is 0 Å². The van der Waals surface area contributed by atoms with E-state index in [9.17, 15) is 18.0 Å². The average molecular weight is 262 g/mol. The molecule has 0 aromatic heterocycles. The summed E-state index contributed by atoms with van der Waals surface area (Å²) in [5.41, 5.74) is 10.5. The van der Waals surface area contributed by atoms with Crippen LogP contribution < -0.4 is 11.5 Å². The van der Waals surface area contributed by atoms with Gasteiger partial charge in [-0.1, -0.05) is 0 Å². The van der Waals surface area contributed by atoms with Crippen molar-refractivity contribution in [1.29, 1.82) is 0 Å². The van der Waals surface area contributed by atoms with E-state index in [2.05, 4.69) is 4.74 Å². The van der Waals surface area contributed by atoms with Gasteiger partial charge in [0.25, 0.3) is 0 Å². The summed E-state index contributed by atoms with van der Waals surface area (Å²) in [6.07, 6.45) is -4.57. The Hall–Kier alpha value is -1.76. The number of benzene rings is 1. The van der Waals surface area contributed by atoms with Crippen molar-refractivity contribution in [2.24, 2.45) is 5.73 Å². The van der Waals surface area contributed by atoms with Gasteiger partial charge in [0.2, 0.25) is 0 Å². The molecule has 1 atom stereocenters. The Balaban J connectivity index is 2.98. The van der Waals surface area contributed by atoms with E-state index in [0.29, 0.717) is 0 Å². The second-order valence-corrected chi connectivity index (χ2v) is 3.75. The number of methoxy groups -OCH3 is 1. The molecule has 18 heavy (non-hydrogen) atoms. The van der Waals surface area contributed by atoms with Crippen molar-refractivity contribution < 1.29 is 22.7 Å². The summed E-state index contributed by atoms with van der Waals surface area (Å²) >= 11 is 0. The zero-order valence-electron chi connectivity index (χ0n) is 9.62. The van der Waals surface area contributed by atoms with Crippen molar-refractivity contribution in [3.8, 4) is 0 Å². The molecular formula is C11H13F3N2O2. The molecule has 0 saturated heterocycles. The maximum atomic E-state index is 12.5. The van der Waals surface area contributed by atoms with E-state index in [1.54, 1.807) is 0 Å². The van der Waals surface area contributed by atoms with Crippen LogP contribution in [-0.4, -0.2) is 19.1 Å². The molecule has 4 N–H and O–H groups in total. The lowest BCUT2D eigenvalue weighted by molar-refractivity contribution is -0.142. The number of rotatable bonds is 3. The second-order valence-electron chi connectivity index (χ2n) is 3.75. The summed E-state index contributed by atoms with van der Waals surface area (Å²) in [7, 11) is 1.15.